The van der Waals surface area contributed by atoms with Crippen molar-refractivity contribution >= 4 is 17.3 Å². The van der Waals surface area contributed by atoms with E-state index in [9.17, 15) is 0 Å². The van der Waals surface area contributed by atoms with Gasteiger partial charge < -0.3 is 19.7 Å². The van der Waals surface area contributed by atoms with Gasteiger partial charge in [-0.25, -0.2) is 0 Å². The molecule has 2 aliphatic heterocycles. The molecule has 4 aliphatic carbocycles. The second kappa shape index (κ2) is 5.30. The molecule has 0 aromatic heterocycles. The Kier molecular flexibility index (Phi) is 3.44. The van der Waals surface area contributed by atoms with Crippen molar-refractivity contribution in [1.29, 1.82) is 0 Å². The van der Waals surface area contributed by atoms with Crippen LogP contribution in [-0.2, 0) is 9.47 Å². The molecule has 6 fully saturated rings. The number of hydrogen-bond donors (Lipinski definition) is 1. The van der Waals surface area contributed by atoms with Crippen LogP contribution < -0.4 is 5.32 Å². The van der Waals surface area contributed by atoms with E-state index in [4.69, 9.17) is 21.7 Å². The first kappa shape index (κ1) is 14.9. The molecule has 6 rings (SSSR count). The van der Waals surface area contributed by atoms with E-state index >= 15 is 0 Å². The molecule has 0 aromatic carbocycles. The van der Waals surface area contributed by atoms with E-state index in [0.29, 0.717) is 5.54 Å². The third kappa shape index (κ3) is 2.59. The molecule has 23 heavy (non-hydrogen) atoms. The third-order valence-corrected chi connectivity index (χ3v) is 7.40. The number of nitrogens with one attached hydrogen (secondary N) is 1. The molecule has 0 amide bonds. The van der Waals surface area contributed by atoms with Gasteiger partial charge in [0.1, 0.15) is 0 Å². The zero-order chi connectivity index (χ0) is 15.5. The van der Waals surface area contributed by atoms with E-state index in [2.05, 4.69) is 10.2 Å². The maximum atomic E-state index is 5.83. The Morgan fingerprint density at radius 3 is 1.96 bits per heavy atom. The molecule has 4 nitrogen and oxygen atoms in total. The average Bonchev–Trinajstić information content (AvgIpc) is 2.94. The number of piperidine rings is 1. The molecule has 128 valence electrons. The fourth-order valence-corrected chi connectivity index (χ4v) is 6.80. The van der Waals surface area contributed by atoms with Gasteiger partial charge in [0.15, 0.2) is 10.9 Å². The molecule has 0 radical (unpaired) electrons. The highest BCUT2D eigenvalue weighted by Crippen LogP contribution is 2.55. The fourth-order valence-electron chi connectivity index (χ4n) is 6.41. The van der Waals surface area contributed by atoms with Crippen LogP contribution in [0.25, 0.3) is 0 Å². The van der Waals surface area contributed by atoms with E-state index in [1.165, 1.54) is 38.5 Å². The Balaban J connectivity index is 1.22. The van der Waals surface area contributed by atoms with Gasteiger partial charge in [-0.05, 0) is 68.5 Å². The molecule has 2 saturated heterocycles. The summed E-state index contributed by atoms with van der Waals surface area (Å²) in [6.45, 7) is 3.41. The van der Waals surface area contributed by atoms with Gasteiger partial charge in [-0.1, -0.05) is 0 Å². The molecule has 0 atom stereocenters. The lowest BCUT2D eigenvalue weighted by atomic mass is 9.53. The molecule has 6 aliphatic rings. The van der Waals surface area contributed by atoms with Gasteiger partial charge in [0, 0.05) is 31.5 Å². The molecule has 2 heterocycles. The number of rotatable bonds is 1. The van der Waals surface area contributed by atoms with Crippen molar-refractivity contribution in [3.8, 4) is 0 Å². The summed E-state index contributed by atoms with van der Waals surface area (Å²) < 4.78 is 11.7. The highest BCUT2D eigenvalue weighted by molar-refractivity contribution is 7.80. The number of nitrogens with zero attached hydrogens (tertiary/aromatic N) is 1. The van der Waals surface area contributed by atoms with E-state index in [0.717, 1.165) is 62.0 Å². The summed E-state index contributed by atoms with van der Waals surface area (Å²) >= 11 is 5.81. The van der Waals surface area contributed by atoms with Gasteiger partial charge in [0.05, 0.1) is 13.2 Å². The van der Waals surface area contributed by atoms with Crippen LogP contribution in [0.3, 0.4) is 0 Å². The lowest BCUT2D eigenvalue weighted by molar-refractivity contribution is -0.180. The zero-order valence-electron chi connectivity index (χ0n) is 13.9. The Morgan fingerprint density at radius 2 is 1.43 bits per heavy atom. The van der Waals surface area contributed by atoms with E-state index in [1.807, 2.05) is 0 Å². The Bertz CT molecular complexity index is 458. The number of hydrogen-bond acceptors (Lipinski definition) is 3. The first-order valence-electron chi connectivity index (χ1n) is 9.49. The van der Waals surface area contributed by atoms with Crippen molar-refractivity contribution in [2.75, 3.05) is 26.3 Å². The second-order valence-electron chi connectivity index (χ2n) is 8.72. The molecule has 1 spiro atoms. The van der Waals surface area contributed by atoms with Crippen LogP contribution in [0.1, 0.15) is 51.4 Å². The minimum atomic E-state index is -0.299. The van der Waals surface area contributed by atoms with Crippen LogP contribution >= 0.6 is 12.2 Å². The minimum absolute atomic E-state index is 0.299. The standard InChI is InChI=1S/C18H28N2O2S/c23-16(20-3-1-18(2-4-20)21-5-6-22-18)19-17-10-13-7-14(11-17)9-15(8-13)12-17/h13-15H,1-12H2,(H,19,23). The summed E-state index contributed by atoms with van der Waals surface area (Å²) in [5.41, 5.74) is 0.321. The molecular weight excluding hydrogens is 308 g/mol. The molecule has 1 N–H and O–H groups in total. The second-order valence-corrected chi connectivity index (χ2v) is 9.11. The van der Waals surface area contributed by atoms with Crippen LogP contribution in [0, 0.1) is 17.8 Å². The molecule has 0 aromatic rings. The number of thiocarbonyl (C=S) groups is 1. The summed E-state index contributed by atoms with van der Waals surface area (Å²) in [6, 6.07) is 0. The molecule has 4 bridgehead atoms. The van der Waals surface area contributed by atoms with E-state index < -0.39 is 0 Å². The first-order valence-corrected chi connectivity index (χ1v) is 9.90. The Labute approximate surface area is 144 Å². The number of ether oxygens (including phenoxy) is 2. The van der Waals surface area contributed by atoms with E-state index in [-0.39, 0.29) is 5.79 Å². The number of likely N-dealkylation sites (tertiary alicyclic amines) is 1. The zero-order valence-corrected chi connectivity index (χ0v) is 14.7. The van der Waals surface area contributed by atoms with Crippen molar-refractivity contribution in [1.82, 2.24) is 10.2 Å². The van der Waals surface area contributed by atoms with E-state index in [1.54, 1.807) is 0 Å². The van der Waals surface area contributed by atoms with Crippen molar-refractivity contribution in [3.05, 3.63) is 0 Å². The first-order chi connectivity index (χ1) is 11.1. The van der Waals surface area contributed by atoms with Gasteiger partial charge in [-0.3, -0.25) is 0 Å². The lowest BCUT2D eigenvalue weighted by Gasteiger charge is -2.57. The fraction of sp³-hybridized carbons (Fsp3) is 0.944. The largest absolute Gasteiger partial charge is 0.357 e. The smallest absolute Gasteiger partial charge is 0.171 e. The normalized spacial score (nSPS) is 44.0. The SMILES string of the molecule is S=C(NC12CC3CC(CC(C3)C1)C2)N1CCC2(CC1)OCCO2. The predicted octanol–water partition coefficient (Wildman–Crippen LogP) is 2.67. The van der Waals surface area contributed by atoms with Gasteiger partial charge in [-0.2, -0.15) is 0 Å². The predicted molar refractivity (Wildman–Crippen MR) is 92.1 cm³/mol. The van der Waals surface area contributed by atoms with Crippen LogP contribution in [-0.4, -0.2) is 47.6 Å². The monoisotopic (exact) mass is 336 g/mol. The van der Waals surface area contributed by atoms with Gasteiger partial charge in [0.25, 0.3) is 0 Å². The van der Waals surface area contributed by atoms with Crippen LogP contribution in [0.2, 0.25) is 0 Å². The summed E-state index contributed by atoms with van der Waals surface area (Å²) in [7, 11) is 0. The Morgan fingerprint density at radius 1 is 0.913 bits per heavy atom. The molecule has 0 unspecified atom stereocenters. The maximum absolute atomic E-state index is 5.83. The van der Waals surface area contributed by atoms with Gasteiger partial charge in [-0.15, -0.1) is 0 Å². The van der Waals surface area contributed by atoms with Gasteiger partial charge in [0.2, 0.25) is 0 Å². The molecule has 4 saturated carbocycles. The summed E-state index contributed by atoms with van der Waals surface area (Å²) in [4.78, 5) is 2.35. The maximum Gasteiger partial charge on any atom is 0.171 e. The quantitative estimate of drug-likeness (QED) is 0.745. The summed E-state index contributed by atoms with van der Waals surface area (Å²) in [6.07, 6.45) is 10.4. The van der Waals surface area contributed by atoms with Crippen LogP contribution in [0.15, 0.2) is 0 Å². The third-order valence-electron chi connectivity index (χ3n) is 7.04. The molecule has 5 heteroatoms. The topological polar surface area (TPSA) is 33.7 Å². The van der Waals surface area contributed by atoms with Crippen LogP contribution in [0.4, 0.5) is 0 Å². The summed E-state index contributed by atoms with van der Waals surface area (Å²) in [5, 5.41) is 4.83. The van der Waals surface area contributed by atoms with Crippen LogP contribution in [0.5, 0.6) is 0 Å². The average molecular weight is 337 g/mol. The molecular formula is C18H28N2O2S. The summed E-state index contributed by atoms with van der Waals surface area (Å²) in [5.74, 6) is 2.58. The highest BCUT2D eigenvalue weighted by Gasteiger charge is 2.51. The minimum Gasteiger partial charge on any atom is -0.357 e. The van der Waals surface area contributed by atoms with Crippen molar-refractivity contribution in [3.63, 3.8) is 0 Å². The van der Waals surface area contributed by atoms with Crippen molar-refractivity contribution in [2.45, 2.75) is 62.7 Å². The lowest BCUT2D eigenvalue weighted by Crippen LogP contribution is -2.62. The van der Waals surface area contributed by atoms with Gasteiger partial charge >= 0.3 is 0 Å². The van der Waals surface area contributed by atoms with Crippen molar-refractivity contribution < 1.29 is 9.47 Å². The highest BCUT2D eigenvalue weighted by atomic mass is 32.1. The Hall–Kier alpha value is -0.390. The van der Waals surface area contributed by atoms with Crippen molar-refractivity contribution in [2.24, 2.45) is 17.8 Å².